The van der Waals surface area contributed by atoms with Crippen molar-refractivity contribution < 1.29 is 19.2 Å². The number of nitrogens with one attached hydrogen (secondary N) is 2. The van der Waals surface area contributed by atoms with Crippen molar-refractivity contribution in [3.8, 4) is 5.75 Å². The maximum atomic E-state index is 12.0. The normalized spacial score (nSPS) is 20.4. The Bertz CT molecular complexity index is 581. The number of primary amides is 1. The fourth-order valence-corrected chi connectivity index (χ4v) is 3.09. The molecule has 6 nitrogen and oxygen atoms in total. The Morgan fingerprint density at radius 1 is 1.29 bits per heavy atom. The SMILES string of the molecule is Cc1ccc(OCCNC(=O)C[NH+]2CCC(C(N)=O)CC2)c(C)c1. The standard InChI is InChI=1S/C18H27N3O3/c1-13-3-4-16(14(2)11-13)24-10-7-20-17(22)12-21-8-5-15(6-9-21)18(19)23/h3-4,11,15H,5-10,12H2,1-2H3,(H2,19,23)(H,20,22)/p+1. The molecule has 0 atom stereocenters. The Labute approximate surface area is 143 Å². The van der Waals surface area contributed by atoms with E-state index in [1.54, 1.807) is 0 Å². The first-order valence-electron chi connectivity index (χ1n) is 8.55. The topological polar surface area (TPSA) is 85.9 Å². The van der Waals surface area contributed by atoms with Crippen molar-refractivity contribution in [3.63, 3.8) is 0 Å². The third kappa shape index (κ3) is 5.53. The number of ether oxygens (including phenoxy) is 1. The number of aryl methyl sites for hydroxylation is 2. The van der Waals surface area contributed by atoms with E-state index >= 15 is 0 Å². The van der Waals surface area contributed by atoms with Gasteiger partial charge in [0.1, 0.15) is 12.4 Å². The van der Waals surface area contributed by atoms with E-state index in [1.165, 1.54) is 10.5 Å². The summed E-state index contributed by atoms with van der Waals surface area (Å²) in [6.07, 6.45) is 1.54. The van der Waals surface area contributed by atoms with Crippen molar-refractivity contribution in [3.05, 3.63) is 29.3 Å². The number of rotatable bonds is 7. The molecule has 0 bridgehead atoms. The van der Waals surface area contributed by atoms with Gasteiger partial charge in [-0.25, -0.2) is 0 Å². The van der Waals surface area contributed by atoms with Crippen molar-refractivity contribution in [2.24, 2.45) is 11.7 Å². The molecule has 0 aromatic heterocycles. The van der Waals surface area contributed by atoms with Gasteiger partial charge < -0.3 is 20.7 Å². The van der Waals surface area contributed by atoms with Crippen LogP contribution in [0.5, 0.6) is 5.75 Å². The summed E-state index contributed by atoms with van der Waals surface area (Å²) in [6, 6.07) is 6.05. The first-order valence-corrected chi connectivity index (χ1v) is 8.55. The highest BCUT2D eigenvalue weighted by molar-refractivity contribution is 5.77. The van der Waals surface area contributed by atoms with E-state index < -0.39 is 0 Å². The zero-order valence-electron chi connectivity index (χ0n) is 14.6. The molecule has 1 heterocycles. The van der Waals surface area contributed by atoms with Gasteiger partial charge >= 0.3 is 0 Å². The second-order valence-corrected chi connectivity index (χ2v) is 6.57. The second kappa shape index (κ2) is 8.68. The molecule has 0 spiro atoms. The van der Waals surface area contributed by atoms with Crippen LogP contribution in [0.3, 0.4) is 0 Å². The molecule has 6 heteroatoms. The van der Waals surface area contributed by atoms with Crippen molar-refractivity contribution in [1.29, 1.82) is 0 Å². The van der Waals surface area contributed by atoms with Gasteiger partial charge in [0.15, 0.2) is 6.54 Å². The number of hydrogen-bond acceptors (Lipinski definition) is 3. The van der Waals surface area contributed by atoms with Crippen LogP contribution >= 0.6 is 0 Å². The lowest BCUT2D eigenvalue weighted by Gasteiger charge is -2.27. The summed E-state index contributed by atoms with van der Waals surface area (Å²) in [5, 5.41) is 2.89. The van der Waals surface area contributed by atoms with E-state index in [2.05, 4.69) is 11.4 Å². The molecule has 1 aromatic carbocycles. The zero-order valence-corrected chi connectivity index (χ0v) is 14.6. The van der Waals surface area contributed by atoms with Gasteiger partial charge in [0.05, 0.1) is 19.6 Å². The lowest BCUT2D eigenvalue weighted by molar-refractivity contribution is -0.897. The predicted octanol–water partition coefficient (Wildman–Crippen LogP) is -0.421. The highest BCUT2D eigenvalue weighted by atomic mass is 16.5. The molecule has 24 heavy (non-hydrogen) atoms. The fraction of sp³-hybridized carbons (Fsp3) is 0.556. The molecular weight excluding hydrogens is 306 g/mol. The van der Waals surface area contributed by atoms with Crippen molar-refractivity contribution in [2.75, 3.05) is 32.8 Å². The number of hydrogen-bond donors (Lipinski definition) is 3. The summed E-state index contributed by atoms with van der Waals surface area (Å²) in [5.74, 6) is 0.630. The van der Waals surface area contributed by atoms with Gasteiger partial charge in [-0.15, -0.1) is 0 Å². The monoisotopic (exact) mass is 334 g/mol. The van der Waals surface area contributed by atoms with Crippen molar-refractivity contribution in [2.45, 2.75) is 26.7 Å². The first kappa shape index (κ1) is 18.3. The van der Waals surface area contributed by atoms with Crippen molar-refractivity contribution in [1.82, 2.24) is 5.32 Å². The van der Waals surface area contributed by atoms with Gasteiger partial charge in [-0.05, 0) is 25.5 Å². The van der Waals surface area contributed by atoms with Gasteiger partial charge in [-0.2, -0.15) is 0 Å². The molecule has 0 unspecified atom stereocenters. The lowest BCUT2D eigenvalue weighted by atomic mass is 9.96. The number of carbonyl (C=O) groups is 2. The molecule has 0 radical (unpaired) electrons. The van der Waals surface area contributed by atoms with Gasteiger partial charge in [0.25, 0.3) is 5.91 Å². The summed E-state index contributed by atoms with van der Waals surface area (Å²) >= 11 is 0. The lowest BCUT2D eigenvalue weighted by Crippen LogP contribution is -3.14. The average molecular weight is 334 g/mol. The van der Waals surface area contributed by atoms with Crippen LogP contribution in [0.25, 0.3) is 0 Å². The highest BCUT2D eigenvalue weighted by Crippen LogP contribution is 2.18. The number of quaternary nitrogens is 1. The number of nitrogens with two attached hydrogens (primary N) is 1. The van der Waals surface area contributed by atoms with Crippen LogP contribution in [-0.4, -0.2) is 44.6 Å². The molecule has 0 aliphatic carbocycles. The highest BCUT2D eigenvalue weighted by Gasteiger charge is 2.26. The Morgan fingerprint density at radius 2 is 2.00 bits per heavy atom. The van der Waals surface area contributed by atoms with E-state index in [4.69, 9.17) is 10.5 Å². The number of piperidine rings is 1. The van der Waals surface area contributed by atoms with E-state index in [1.807, 2.05) is 26.0 Å². The van der Waals surface area contributed by atoms with E-state index in [-0.39, 0.29) is 17.7 Å². The Kier molecular flexibility index (Phi) is 6.61. The van der Waals surface area contributed by atoms with Crippen LogP contribution in [0.15, 0.2) is 18.2 Å². The third-order valence-corrected chi connectivity index (χ3v) is 4.52. The Balaban J connectivity index is 1.62. The molecule has 4 N–H and O–H groups in total. The largest absolute Gasteiger partial charge is 0.491 e. The number of benzene rings is 1. The van der Waals surface area contributed by atoms with E-state index in [0.717, 1.165) is 37.2 Å². The molecule has 132 valence electrons. The van der Waals surface area contributed by atoms with Gasteiger partial charge in [-0.1, -0.05) is 17.7 Å². The molecular formula is C18H28N3O3+. The predicted molar refractivity (Wildman–Crippen MR) is 91.9 cm³/mol. The minimum Gasteiger partial charge on any atom is -0.491 e. The van der Waals surface area contributed by atoms with Crippen LogP contribution in [0.4, 0.5) is 0 Å². The first-order chi connectivity index (χ1) is 11.5. The summed E-state index contributed by atoms with van der Waals surface area (Å²) < 4.78 is 5.70. The zero-order chi connectivity index (χ0) is 17.5. The number of carbonyl (C=O) groups excluding carboxylic acids is 2. The van der Waals surface area contributed by atoms with Crippen LogP contribution in [0, 0.1) is 19.8 Å². The molecule has 2 rings (SSSR count). The quantitative estimate of drug-likeness (QED) is 0.592. The summed E-state index contributed by atoms with van der Waals surface area (Å²) in [6.45, 7) is 7.08. The van der Waals surface area contributed by atoms with Gasteiger partial charge in [-0.3, -0.25) is 9.59 Å². The second-order valence-electron chi connectivity index (χ2n) is 6.57. The summed E-state index contributed by atoms with van der Waals surface area (Å²) in [5.41, 5.74) is 7.63. The maximum Gasteiger partial charge on any atom is 0.275 e. The molecule has 1 aliphatic rings. The average Bonchev–Trinajstić information content (AvgIpc) is 2.53. The molecule has 1 aromatic rings. The van der Waals surface area contributed by atoms with Crippen LogP contribution in [-0.2, 0) is 9.59 Å². The van der Waals surface area contributed by atoms with Crippen LogP contribution in [0.2, 0.25) is 0 Å². The molecule has 2 amide bonds. The molecule has 1 fully saturated rings. The van der Waals surface area contributed by atoms with Crippen molar-refractivity contribution >= 4 is 11.8 Å². The van der Waals surface area contributed by atoms with Crippen LogP contribution < -0.4 is 20.7 Å². The number of amides is 2. The van der Waals surface area contributed by atoms with E-state index in [0.29, 0.717) is 19.7 Å². The van der Waals surface area contributed by atoms with E-state index in [9.17, 15) is 9.59 Å². The summed E-state index contributed by atoms with van der Waals surface area (Å²) in [4.78, 5) is 24.3. The smallest absolute Gasteiger partial charge is 0.275 e. The molecule has 0 saturated carbocycles. The Morgan fingerprint density at radius 3 is 2.62 bits per heavy atom. The minimum atomic E-state index is -0.220. The third-order valence-electron chi connectivity index (χ3n) is 4.52. The maximum absolute atomic E-state index is 12.0. The molecule has 1 aliphatic heterocycles. The molecule has 1 saturated heterocycles. The van der Waals surface area contributed by atoms with Gasteiger partial charge in [0.2, 0.25) is 5.91 Å². The Hall–Kier alpha value is -2.08. The number of likely N-dealkylation sites (tertiary alicyclic amines) is 1. The minimum absolute atomic E-state index is 0.0201. The van der Waals surface area contributed by atoms with Crippen LogP contribution in [0.1, 0.15) is 24.0 Å². The fourth-order valence-electron chi connectivity index (χ4n) is 3.09. The van der Waals surface area contributed by atoms with Gasteiger partial charge in [0, 0.05) is 18.8 Å². The summed E-state index contributed by atoms with van der Waals surface area (Å²) in [7, 11) is 0.